The summed E-state index contributed by atoms with van der Waals surface area (Å²) in [4.78, 5) is 33.3. The van der Waals surface area contributed by atoms with Crippen LogP contribution in [-0.2, 0) is 4.79 Å². The van der Waals surface area contributed by atoms with Gasteiger partial charge in [0.05, 0.1) is 12.9 Å². The number of aromatic amines is 2. The summed E-state index contributed by atoms with van der Waals surface area (Å²) < 4.78 is 0. The van der Waals surface area contributed by atoms with E-state index in [1.54, 1.807) is 0 Å². The summed E-state index contributed by atoms with van der Waals surface area (Å²) in [5.74, 6) is 0.0783. The fraction of sp³-hybridized carbons (Fsp3) is 0.400. The van der Waals surface area contributed by atoms with Gasteiger partial charge in [0.1, 0.15) is 18.3 Å². The van der Waals surface area contributed by atoms with Gasteiger partial charge in [0, 0.05) is 0 Å². The van der Waals surface area contributed by atoms with E-state index >= 15 is 0 Å². The molecule has 11 nitrogen and oxygen atoms in total. The molecule has 21 heavy (non-hydrogen) atoms. The molecule has 11 heteroatoms. The lowest BCUT2D eigenvalue weighted by Gasteiger charge is -2.16. The van der Waals surface area contributed by atoms with Crippen molar-refractivity contribution in [2.75, 3.05) is 12.3 Å². The summed E-state index contributed by atoms with van der Waals surface area (Å²) >= 11 is 0. The van der Waals surface area contributed by atoms with Crippen LogP contribution < -0.4 is 11.3 Å². The van der Waals surface area contributed by atoms with Crippen molar-refractivity contribution in [3.8, 4) is 0 Å². The number of aliphatic hydroxyl groups excluding tert-OH is 4. The Morgan fingerprint density at radius 3 is 2.62 bits per heavy atom. The van der Waals surface area contributed by atoms with Crippen molar-refractivity contribution in [1.82, 2.24) is 19.9 Å². The molecule has 2 aromatic rings. The summed E-state index contributed by atoms with van der Waals surface area (Å²) in [7, 11) is 0. The topological polar surface area (TPSA) is 198 Å². The van der Waals surface area contributed by atoms with E-state index in [-0.39, 0.29) is 17.8 Å². The molecule has 0 fully saturated rings. The van der Waals surface area contributed by atoms with Gasteiger partial charge in [0.25, 0.3) is 5.56 Å². The van der Waals surface area contributed by atoms with Crippen molar-refractivity contribution in [2.24, 2.45) is 0 Å². The first-order valence-corrected chi connectivity index (χ1v) is 5.70. The molecule has 2 heterocycles. The fourth-order valence-corrected chi connectivity index (χ4v) is 1.28. The normalized spacial score (nSPS) is 14.9. The Morgan fingerprint density at radius 1 is 1.38 bits per heavy atom. The predicted molar refractivity (Wildman–Crippen MR) is 70.1 cm³/mol. The van der Waals surface area contributed by atoms with Gasteiger partial charge in [-0.2, -0.15) is 4.98 Å². The van der Waals surface area contributed by atoms with Crippen LogP contribution in [-0.4, -0.2) is 71.6 Å². The second-order valence-electron chi connectivity index (χ2n) is 3.92. The van der Waals surface area contributed by atoms with Gasteiger partial charge < -0.3 is 35.9 Å². The number of hydrogen-bond donors (Lipinski definition) is 7. The first-order chi connectivity index (χ1) is 9.90. The molecule has 2 aromatic heterocycles. The van der Waals surface area contributed by atoms with Gasteiger partial charge in [-0.1, -0.05) is 0 Å². The van der Waals surface area contributed by atoms with E-state index in [9.17, 15) is 9.59 Å². The van der Waals surface area contributed by atoms with Crippen molar-refractivity contribution < 1.29 is 25.2 Å². The minimum absolute atomic E-state index is 0.0783. The smallest absolute Gasteiger partial charge is 0.278 e. The predicted octanol–water partition coefficient (Wildman–Crippen LogP) is -3.51. The Hall–Kier alpha value is -2.34. The number of anilines is 1. The molecule has 0 radical (unpaired) electrons. The average molecular weight is 301 g/mol. The second-order valence-corrected chi connectivity index (χ2v) is 3.92. The number of hydrogen-bond acceptors (Lipinski definition) is 9. The number of nitrogens with two attached hydrogens (primary N) is 1. The van der Waals surface area contributed by atoms with Gasteiger partial charge in [-0.25, -0.2) is 4.98 Å². The Bertz CT molecular complexity index is 640. The standard InChI is InChI=1S/C5H5N5O.C5H10O5/c6-5-9-3-2(4(11)10-5)7-1-8-3;6-1-3(8)5(10)4(9)2-7/h1H,(H4,6,7,8,9,10,11);1,3-5,7-10H,2H2. The highest BCUT2D eigenvalue weighted by Crippen LogP contribution is 1.98. The highest BCUT2D eigenvalue weighted by molar-refractivity contribution is 5.69. The number of aldehydes is 1. The SMILES string of the molecule is Nc1nc2nc[nH]c2c(=O)[nH]1.O=CC(O)C(O)C(O)CO. The van der Waals surface area contributed by atoms with E-state index in [1.165, 1.54) is 6.33 Å². The summed E-state index contributed by atoms with van der Waals surface area (Å²) in [5.41, 5.74) is 5.65. The second kappa shape index (κ2) is 7.44. The molecule has 0 aromatic carbocycles. The Labute approximate surface area is 117 Å². The van der Waals surface area contributed by atoms with Crippen LogP contribution in [0.1, 0.15) is 0 Å². The van der Waals surface area contributed by atoms with Crippen molar-refractivity contribution in [3.63, 3.8) is 0 Å². The Kier molecular flexibility index (Phi) is 5.92. The summed E-state index contributed by atoms with van der Waals surface area (Å²) in [6.45, 7) is -0.688. The van der Waals surface area contributed by atoms with E-state index in [0.717, 1.165) is 0 Å². The maximum absolute atomic E-state index is 11.0. The molecule has 116 valence electrons. The molecule has 8 N–H and O–H groups in total. The van der Waals surface area contributed by atoms with Crippen LogP contribution in [0, 0.1) is 0 Å². The third-order valence-corrected chi connectivity index (χ3v) is 2.38. The number of rotatable bonds is 4. The number of aromatic nitrogens is 4. The monoisotopic (exact) mass is 301 g/mol. The lowest BCUT2D eigenvalue weighted by molar-refractivity contribution is -0.127. The van der Waals surface area contributed by atoms with Crippen LogP contribution in [0.3, 0.4) is 0 Å². The molecule has 0 amide bonds. The number of aliphatic hydroxyl groups is 4. The molecule has 0 saturated carbocycles. The number of nitrogen functional groups attached to an aromatic ring is 1. The number of fused-ring (bicyclic) bond motifs is 1. The van der Waals surface area contributed by atoms with E-state index < -0.39 is 24.9 Å². The fourth-order valence-electron chi connectivity index (χ4n) is 1.28. The third-order valence-electron chi connectivity index (χ3n) is 2.38. The number of nitrogens with one attached hydrogen (secondary N) is 2. The van der Waals surface area contributed by atoms with Gasteiger partial charge in [0.15, 0.2) is 17.5 Å². The first kappa shape index (κ1) is 16.7. The maximum atomic E-state index is 11.0. The van der Waals surface area contributed by atoms with Gasteiger partial charge in [-0.3, -0.25) is 9.78 Å². The maximum Gasteiger partial charge on any atom is 0.278 e. The molecule has 3 atom stereocenters. The number of nitrogens with zero attached hydrogens (tertiary/aromatic N) is 2. The number of carbonyl (C=O) groups excluding carboxylic acids is 1. The molecular formula is C10H15N5O6. The quantitative estimate of drug-likeness (QED) is 0.280. The highest BCUT2D eigenvalue weighted by atomic mass is 16.4. The van der Waals surface area contributed by atoms with E-state index in [0.29, 0.717) is 11.2 Å². The zero-order chi connectivity index (χ0) is 16.0. The first-order valence-electron chi connectivity index (χ1n) is 5.70. The van der Waals surface area contributed by atoms with Gasteiger partial charge in [-0.05, 0) is 0 Å². The summed E-state index contributed by atoms with van der Waals surface area (Å²) in [6, 6.07) is 0. The van der Waals surface area contributed by atoms with Crippen LogP contribution in [0.5, 0.6) is 0 Å². The minimum Gasteiger partial charge on any atom is -0.394 e. The molecule has 0 spiro atoms. The highest BCUT2D eigenvalue weighted by Gasteiger charge is 2.22. The lowest BCUT2D eigenvalue weighted by atomic mass is 10.1. The minimum atomic E-state index is -1.64. The number of carbonyl (C=O) groups is 1. The van der Waals surface area contributed by atoms with E-state index in [1.807, 2.05) is 0 Å². The van der Waals surface area contributed by atoms with Crippen LogP contribution in [0.25, 0.3) is 11.2 Å². The molecular weight excluding hydrogens is 286 g/mol. The van der Waals surface area contributed by atoms with Gasteiger partial charge in [-0.15, -0.1) is 0 Å². The summed E-state index contributed by atoms with van der Waals surface area (Å²) in [6.07, 6.45) is -3.24. The zero-order valence-electron chi connectivity index (χ0n) is 10.7. The van der Waals surface area contributed by atoms with Crippen molar-refractivity contribution >= 4 is 23.4 Å². The van der Waals surface area contributed by atoms with Gasteiger partial charge in [0.2, 0.25) is 5.95 Å². The Balaban J connectivity index is 0.000000212. The van der Waals surface area contributed by atoms with Crippen molar-refractivity contribution in [2.45, 2.75) is 18.3 Å². The van der Waals surface area contributed by atoms with E-state index in [4.69, 9.17) is 26.2 Å². The summed E-state index contributed by atoms with van der Waals surface area (Å²) in [5, 5.41) is 34.1. The largest absolute Gasteiger partial charge is 0.394 e. The average Bonchev–Trinajstić information content (AvgIpc) is 2.94. The molecule has 0 aliphatic rings. The molecule has 2 rings (SSSR count). The molecule has 0 bridgehead atoms. The zero-order valence-corrected chi connectivity index (χ0v) is 10.7. The van der Waals surface area contributed by atoms with Gasteiger partial charge >= 0.3 is 0 Å². The Morgan fingerprint density at radius 2 is 2.05 bits per heavy atom. The van der Waals surface area contributed by atoms with Crippen LogP contribution in [0.15, 0.2) is 11.1 Å². The number of H-pyrrole nitrogens is 2. The number of imidazole rings is 1. The van der Waals surface area contributed by atoms with E-state index in [2.05, 4.69) is 19.9 Å². The lowest BCUT2D eigenvalue weighted by Crippen LogP contribution is -2.40. The molecule has 0 aliphatic heterocycles. The molecule has 3 unspecified atom stereocenters. The van der Waals surface area contributed by atoms with Crippen molar-refractivity contribution in [3.05, 3.63) is 16.7 Å². The van der Waals surface area contributed by atoms with Crippen LogP contribution in [0.2, 0.25) is 0 Å². The van der Waals surface area contributed by atoms with Crippen molar-refractivity contribution in [1.29, 1.82) is 0 Å². The molecule has 0 aliphatic carbocycles. The van der Waals surface area contributed by atoms with Crippen LogP contribution >= 0.6 is 0 Å². The third kappa shape index (κ3) is 4.32. The molecule has 0 saturated heterocycles. The van der Waals surface area contributed by atoms with Crippen LogP contribution in [0.4, 0.5) is 5.95 Å².